The van der Waals surface area contributed by atoms with Crippen LogP contribution in [0.25, 0.3) is 0 Å². The molecule has 3 N–H and O–H groups in total. The van der Waals surface area contributed by atoms with Gasteiger partial charge in [-0.15, -0.1) is 0 Å². The van der Waals surface area contributed by atoms with Crippen molar-refractivity contribution >= 4 is 0 Å². The number of hydrogen-bond acceptors (Lipinski definition) is 4. The number of nitrogens with two attached hydrogens (primary N) is 1. The zero-order valence-corrected chi connectivity index (χ0v) is 11.3. The Kier molecular flexibility index (Phi) is 7.77. The Bertz CT molecular complexity index is 184. The number of methoxy groups -OCH3 is 1. The van der Waals surface area contributed by atoms with Gasteiger partial charge in [0.25, 0.3) is 0 Å². The van der Waals surface area contributed by atoms with Gasteiger partial charge in [-0.25, -0.2) is 0 Å². The molecule has 4 nitrogen and oxygen atoms in total. The van der Waals surface area contributed by atoms with Crippen LogP contribution in [-0.2, 0) is 9.47 Å². The van der Waals surface area contributed by atoms with Gasteiger partial charge in [0, 0.05) is 13.7 Å². The third-order valence-corrected chi connectivity index (χ3v) is 3.64. The van der Waals surface area contributed by atoms with Crippen molar-refractivity contribution in [2.75, 3.05) is 20.3 Å². The summed E-state index contributed by atoms with van der Waals surface area (Å²) in [5, 5.41) is 0. The maximum absolute atomic E-state index is 5.65. The minimum Gasteiger partial charge on any atom is -0.380 e. The largest absolute Gasteiger partial charge is 0.380 e. The molecule has 1 fully saturated rings. The van der Waals surface area contributed by atoms with E-state index in [-0.39, 0.29) is 12.1 Å². The fourth-order valence-electron chi connectivity index (χ4n) is 2.74. The van der Waals surface area contributed by atoms with E-state index in [9.17, 15) is 0 Å². The lowest BCUT2D eigenvalue weighted by atomic mass is 9.83. The van der Waals surface area contributed by atoms with Gasteiger partial charge >= 0.3 is 0 Å². The van der Waals surface area contributed by atoms with Crippen LogP contribution < -0.4 is 11.3 Å². The maximum Gasteiger partial charge on any atom is 0.0788 e. The van der Waals surface area contributed by atoms with Crippen molar-refractivity contribution in [1.29, 1.82) is 0 Å². The lowest BCUT2D eigenvalue weighted by Crippen LogP contribution is -2.51. The van der Waals surface area contributed by atoms with Gasteiger partial charge in [-0.2, -0.15) is 0 Å². The molecule has 0 heterocycles. The molecule has 0 aromatic heterocycles. The zero-order chi connectivity index (χ0) is 12.5. The van der Waals surface area contributed by atoms with E-state index in [0.717, 1.165) is 13.0 Å². The van der Waals surface area contributed by atoms with Crippen LogP contribution in [0.15, 0.2) is 0 Å². The third-order valence-electron chi connectivity index (χ3n) is 3.64. The van der Waals surface area contributed by atoms with Crippen LogP contribution in [0.4, 0.5) is 0 Å². The van der Waals surface area contributed by atoms with Crippen molar-refractivity contribution in [3.05, 3.63) is 0 Å². The monoisotopic (exact) mass is 244 g/mol. The van der Waals surface area contributed by atoms with Gasteiger partial charge < -0.3 is 9.47 Å². The van der Waals surface area contributed by atoms with E-state index in [2.05, 4.69) is 12.3 Å². The van der Waals surface area contributed by atoms with Gasteiger partial charge in [-0.05, 0) is 25.2 Å². The van der Waals surface area contributed by atoms with E-state index in [1.807, 2.05) is 0 Å². The molecule has 102 valence electrons. The third kappa shape index (κ3) is 4.92. The molecule has 2 atom stereocenters. The highest BCUT2D eigenvalue weighted by Gasteiger charge is 2.30. The molecule has 0 spiro atoms. The average molecular weight is 244 g/mol. The summed E-state index contributed by atoms with van der Waals surface area (Å²) >= 11 is 0. The van der Waals surface area contributed by atoms with Gasteiger partial charge in [-0.1, -0.05) is 26.2 Å². The highest BCUT2D eigenvalue weighted by molar-refractivity contribution is 4.83. The molecule has 1 rings (SSSR count). The molecular formula is C13H28N2O2. The molecule has 4 heteroatoms. The minimum absolute atomic E-state index is 0.106. The molecule has 0 bridgehead atoms. The molecule has 0 saturated heterocycles. The molecule has 0 aromatic rings. The Morgan fingerprint density at radius 3 is 2.53 bits per heavy atom. The second-order valence-corrected chi connectivity index (χ2v) is 4.95. The van der Waals surface area contributed by atoms with Crippen molar-refractivity contribution < 1.29 is 9.47 Å². The summed E-state index contributed by atoms with van der Waals surface area (Å²) in [5.41, 5.74) is 2.86. The van der Waals surface area contributed by atoms with Crippen LogP contribution in [0.5, 0.6) is 0 Å². The molecule has 1 saturated carbocycles. The van der Waals surface area contributed by atoms with Crippen LogP contribution >= 0.6 is 0 Å². The average Bonchev–Trinajstić information content (AvgIpc) is 2.39. The topological polar surface area (TPSA) is 56.5 Å². The molecule has 0 aromatic carbocycles. The van der Waals surface area contributed by atoms with Crippen LogP contribution in [-0.4, -0.2) is 32.5 Å². The second-order valence-electron chi connectivity index (χ2n) is 4.95. The number of ether oxygens (including phenoxy) is 2. The van der Waals surface area contributed by atoms with Crippen molar-refractivity contribution in [3.63, 3.8) is 0 Å². The van der Waals surface area contributed by atoms with Crippen LogP contribution in [0.3, 0.4) is 0 Å². The van der Waals surface area contributed by atoms with Crippen molar-refractivity contribution in [1.82, 2.24) is 5.43 Å². The first-order valence-electron chi connectivity index (χ1n) is 6.90. The molecule has 1 aliphatic rings. The molecule has 17 heavy (non-hydrogen) atoms. The van der Waals surface area contributed by atoms with E-state index in [0.29, 0.717) is 12.5 Å². The first kappa shape index (κ1) is 14.9. The summed E-state index contributed by atoms with van der Waals surface area (Å²) in [6.45, 7) is 3.54. The molecule has 1 aliphatic carbocycles. The summed E-state index contributed by atoms with van der Waals surface area (Å²) in [6, 6.07) is 0.106. The summed E-state index contributed by atoms with van der Waals surface area (Å²) in [5.74, 6) is 6.25. The normalized spacial score (nSPS) is 21.4. The summed E-state index contributed by atoms with van der Waals surface area (Å²) in [6.07, 6.45) is 7.72. The molecule has 0 radical (unpaired) electrons. The minimum atomic E-state index is 0.106. The molecular weight excluding hydrogens is 216 g/mol. The fourth-order valence-corrected chi connectivity index (χ4v) is 2.74. The number of nitrogens with one attached hydrogen (secondary N) is 1. The SMILES string of the molecule is CCCOCC(NN)C(OC)C1CCCCC1. The van der Waals surface area contributed by atoms with Crippen LogP contribution in [0.1, 0.15) is 45.4 Å². The highest BCUT2D eigenvalue weighted by atomic mass is 16.5. The maximum atomic E-state index is 5.65. The molecule has 0 aliphatic heterocycles. The molecule has 2 unspecified atom stereocenters. The van der Waals surface area contributed by atoms with Gasteiger partial charge in [0.15, 0.2) is 0 Å². The summed E-state index contributed by atoms with van der Waals surface area (Å²) in [7, 11) is 1.78. The Morgan fingerprint density at radius 1 is 1.29 bits per heavy atom. The first-order chi connectivity index (χ1) is 8.33. The highest BCUT2D eigenvalue weighted by Crippen LogP contribution is 2.29. The first-order valence-corrected chi connectivity index (χ1v) is 6.90. The lowest BCUT2D eigenvalue weighted by molar-refractivity contribution is -0.0203. The predicted molar refractivity (Wildman–Crippen MR) is 69.6 cm³/mol. The van der Waals surface area contributed by atoms with Crippen LogP contribution in [0, 0.1) is 5.92 Å². The standard InChI is InChI=1S/C13H28N2O2/c1-3-9-17-10-12(15-14)13(16-2)11-7-5-4-6-8-11/h11-13,15H,3-10,14H2,1-2H3. The van der Waals surface area contributed by atoms with Gasteiger partial charge in [-0.3, -0.25) is 11.3 Å². The summed E-state index contributed by atoms with van der Waals surface area (Å²) < 4.78 is 11.2. The Hall–Kier alpha value is -0.160. The summed E-state index contributed by atoms with van der Waals surface area (Å²) in [4.78, 5) is 0. The Morgan fingerprint density at radius 2 is 2.00 bits per heavy atom. The smallest absolute Gasteiger partial charge is 0.0788 e. The van der Waals surface area contributed by atoms with E-state index < -0.39 is 0 Å². The van der Waals surface area contributed by atoms with Crippen molar-refractivity contribution in [2.45, 2.75) is 57.6 Å². The van der Waals surface area contributed by atoms with Gasteiger partial charge in [0.2, 0.25) is 0 Å². The van der Waals surface area contributed by atoms with Gasteiger partial charge in [0.05, 0.1) is 18.8 Å². The number of hydrogen-bond donors (Lipinski definition) is 2. The quantitative estimate of drug-likeness (QED) is 0.388. The second kappa shape index (κ2) is 8.86. The molecule has 0 amide bonds. The van der Waals surface area contributed by atoms with Gasteiger partial charge in [0.1, 0.15) is 0 Å². The van der Waals surface area contributed by atoms with Crippen molar-refractivity contribution in [3.8, 4) is 0 Å². The fraction of sp³-hybridized carbons (Fsp3) is 1.00. The Labute approximate surface area is 105 Å². The van der Waals surface area contributed by atoms with E-state index in [4.69, 9.17) is 15.3 Å². The number of hydrazine groups is 1. The predicted octanol–water partition coefficient (Wildman–Crippen LogP) is 1.84. The zero-order valence-electron chi connectivity index (χ0n) is 11.3. The van der Waals surface area contributed by atoms with E-state index >= 15 is 0 Å². The number of rotatable bonds is 8. The van der Waals surface area contributed by atoms with E-state index in [1.54, 1.807) is 7.11 Å². The van der Waals surface area contributed by atoms with Crippen molar-refractivity contribution in [2.24, 2.45) is 11.8 Å². The van der Waals surface area contributed by atoms with E-state index in [1.165, 1.54) is 32.1 Å². The Balaban J connectivity index is 2.43. The van der Waals surface area contributed by atoms with Crippen LogP contribution in [0.2, 0.25) is 0 Å². The lowest BCUT2D eigenvalue weighted by Gasteiger charge is -2.34.